The van der Waals surface area contributed by atoms with Crippen molar-refractivity contribution in [2.24, 2.45) is 5.41 Å². The maximum absolute atomic E-state index is 11.9. The fourth-order valence-electron chi connectivity index (χ4n) is 1.87. The second-order valence-corrected chi connectivity index (χ2v) is 4.45. The second kappa shape index (κ2) is 3.97. The molecule has 0 atom stereocenters. The van der Waals surface area contributed by atoms with E-state index in [2.05, 4.69) is 16.3 Å². The maximum atomic E-state index is 11.9. The van der Waals surface area contributed by atoms with E-state index in [9.17, 15) is 4.79 Å². The molecular formula is C11H14N4O. The molecule has 1 fully saturated rings. The smallest absolute Gasteiger partial charge is 0.257 e. The monoisotopic (exact) mass is 218 g/mol. The van der Waals surface area contributed by atoms with Gasteiger partial charge < -0.3 is 4.90 Å². The number of amides is 1. The van der Waals surface area contributed by atoms with Gasteiger partial charge in [0.1, 0.15) is 0 Å². The van der Waals surface area contributed by atoms with E-state index in [1.807, 2.05) is 6.92 Å². The van der Waals surface area contributed by atoms with Crippen molar-refractivity contribution in [3.05, 3.63) is 18.0 Å². The summed E-state index contributed by atoms with van der Waals surface area (Å²) in [5, 5.41) is 15.4. The summed E-state index contributed by atoms with van der Waals surface area (Å²) >= 11 is 0. The highest BCUT2D eigenvalue weighted by molar-refractivity contribution is 5.93. The number of likely N-dealkylation sites (tertiary alicyclic amines) is 1. The highest BCUT2D eigenvalue weighted by atomic mass is 16.2. The minimum absolute atomic E-state index is 0.00580. The summed E-state index contributed by atoms with van der Waals surface area (Å²) < 4.78 is 0. The molecule has 2 rings (SSSR count). The molecule has 0 saturated carbocycles. The van der Waals surface area contributed by atoms with Gasteiger partial charge in [-0.05, 0) is 19.8 Å². The first-order valence-electron chi connectivity index (χ1n) is 5.34. The normalized spacial score (nSPS) is 19.1. The molecule has 0 unspecified atom stereocenters. The Hall–Kier alpha value is -1.83. The molecule has 16 heavy (non-hydrogen) atoms. The standard InChI is InChI=1S/C11H14N4O/c1-11(8-12)2-4-15(5-3-11)10(16)9-6-13-14-7-9/h6-7H,2-5H2,1H3,(H,13,14). The number of carbonyl (C=O) groups is 1. The van der Waals surface area contributed by atoms with Crippen molar-refractivity contribution >= 4 is 5.91 Å². The Morgan fingerprint density at radius 1 is 1.62 bits per heavy atom. The van der Waals surface area contributed by atoms with Gasteiger partial charge in [0.05, 0.1) is 23.2 Å². The molecule has 2 heterocycles. The summed E-state index contributed by atoms with van der Waals surface area (Å²) in [6.07, 6.45) is 4.61. The Bertz CT molecular complexity index is 410. The predicted molar refractivity (Wildman–Crippen MR) is 57.4 cm³/mol. The van der Waals surface area contributed by atoms with Gasteiger partial charge in [0.25, 0.3) is 5.91 Å². The number of aromatic nitrogens is 2. The molecule has 0 aromatic carbocycles. The van der Waals surface area contributed by atoms with Crippen LogP contribution in [0.2, 0.25) is 0 Å². The molecule has 1 aliphatic rings. The largest absolute Gasteiger partial charge is 0.338 e. The molecule has 1 aromatic heterocycles. The molecule has 1 aromatic rings. The molecule has 0 spiro atoms. The molecule has 1 saturated heterocycles. The summed E-state index contributed by atoms with van der Waals surface area (Å²) in [6.45, 7) is 3.24. The quantitative estimate of drug-likeness (QED) is 0.769. The van der Waals surface area contributed by atoms with Gasteiger partial charge in [-0.15, -0.1) is 0 Å². The Morgan fingerprint density at radius 2 is 2.31 bits per heavy atom. The molecule has 84 valence electrons. The zero-order chi connectivity index (χ0) is 11.6. The van der Waals surface area contributed by atoms with Crippen LogP contribution in [-0.2, 0) is 0 Å². The van der Waals surface area contributed by atoms with Gasteiger partial charge in [-0.1, -0.05) is 0 Å². The van der Waals surface area contributed by atoms with E-state index in [0.717, 1.165) is 12.8 Å². The minimum Gasteiger partial charge on any atom is -0.338 e. The van der Waals surface area contributed by atoms with Crippen LogP contribution in [0.15, 0.2) is 12.4 Å². The maximum Gasteiger partial charge on any atom is 0.257 e. The molecule has 5 heteroatoms. The first kappa shape index (κ1) is 10.7. The van der Waals surface area contributed by atoms with E-state index in [-0.39, 0.29) is 11.3 Å². The molecule has 0 radical (unpaired) electrons. The lowest BCUT2D eigenvalue weighted by Gasteiger charge is -2.34. The van der Waals surface area contributed by atoms with E-state index in [0.29, 0.717) is 18.7 Å². The lowest BCUT2D eigenvalue weighted by Crippen LogP contribution is -2.41. The third kappa shape index (κ3) is 1.91. The van der Waals surface area contributed by atoms with Gasteiger partial charge >= 0.3 is 0 Å². The van der Waals surface area contributed by atoms with Crippen molar-refractivity contribution in [3.8, 4) is 6.07 Å². The average molecular weight is 218 g/mol. The van der Waals surface area contributed by atoms with E-state index in [1.165, 1.54) is 6.20 Å². The van der Waals surface area contributed by atoms with Crippen LogP contribution in [0.1, 0.15) is 30.1 Å². The van der Waals surface area contributed by atoms with Crippen molar-refractivity contribution < 1.29 is 4.79 Å². The summed E-state index contributed by atoms with van der Waals surface area (Å²) in [5.74, 6) is -0.00580. The number of hydrogen-bond donors (Lipinski definition) is 1. The summed E-state index contributed by atoms with van der Waals surface area (Å²) in [5.41, 5.74) is 0.313. The predicted octanol–water partition coefficient (Wildman–Crippen LogP) is 1.18. The first-order valence-corrected chi connectivity index (χ1v) is 5.34. The Labute approximate surface area is 94.1 Å². The SMILES string of the molecule is CC1(C#N)CCN(C(=O)c2cn[nH]c2)CC1. The van der Waals surface area contributed by atoms with E-state index >= 15 is 0 Å². The lowest BCUT2D eigenvalue weighted by atomic mass is 9.82. The van der Waals surface area contributed by atoms with Crippen molar-refractivity contribution in [2.75, 3.05) is 13.1 Å². The summed E-state index contributed by atoms with van der Waals surface area (Å²) in [6, 6.07) is 2.32. The van der Waals surface area contributed by atoms with Crippen LogP contribution in [0.4, 0.5) is 0 Å². The lowest BCUT2D eigenvalue weighted by molar-refractivity contribution is 0.0662. The van der Waals surface area contributed by atoms with Gasteiger partial charge in [-0.3, -0.25) is 9.89 Å². The Morgan fingerprint density at radius 3 is 2.81 bits per heavy atom. The Balaban J connectivity index is 2.00. The number of nitrogens with one attached hydrogen (secondary N) is 1. The van der Waals surface area contributed by atoms with Crippen LogP contribution in [0, 0.1) is 16.7 Å². The molecule has 5 nitrogen and oxygen atoms in total. The van der Waals surface area contributed by atoms with Crippen LogP contribution in [0.25, 0.3) is 0 Å². The van der Waals surface area contributed by atoms with Crippen LogP contribution in [0.3, 0.4) is 0 Å². The van der Waals surface area contributed by atoms with Gasteiger partial charge in [-0.2, -0.15) is 10.4 Å². The van der Waals surface area contributed by atoms with Gasteiger partial charge in [0.15, 0.2) is 0 Å². The highest BCUT2D eigenvalue weighted by Crippen LogP contribution is 2.30. The van der Waals surface area contributed by atoms with Gasteiger partial charge in [0, 0.05) is 19.3 Å². The average Bonchev–Trinajstić information content (AvgIpc) is 2.83. The fraction of sp³-hybridized carbons (Fsp3) is 0.545. The molecule has 1 N–H and O–H groups in total. The second-order valence-electron chi connectivity index (χ2n) is 4.45. The minimum atomic E-state index is -0.271. The van der Waals surface area contributed by atoms with Crippen molar-refractivity contribution in [1.82, 2.24) is 15.1 Å². The number of nitriles is 1. The van der Waals surface area contributed by atoms with Crippen LogP contribution in [0.5, 0.6) is 0 Å². The molecule has 1 aliphatic heterocycles. The molecular weight excluding hydrogens is 204 g/mol. The third-order valence-corrected chi connectivity index (χ3v) is 3.17. The topological polar surface area (TPSA) is 72.8 Å². The van der Waals surface area contributed by atoms with Crippen molar-refractivity contribution in [2.45, 2.75) is 19.8 Å². The van der Waals surface area contributed by atoms with E-state index in [1.54, 1.807) is 11.1 Å². The van der Waals surface area contributed by atoms with Crippen molar-refractivity contribution in [1.29, 1.82) is 5.26 Å². The van der Waals surface area contributed by atoms with E-state index in [4.69, 9.17) is 5.26 Å². The highest BCUT2D eigenvalue weighted by Gasteiger charge is 2.32. The Kier molecular flexibility index (Phi) is 2.65. The number of piperidine rings is 1. The van der Waals surface area contributed by atoms with Crippen LogP contribution < -0.4 is 0 Å². The number of carbonyl (C=O) groups excluding carboxylic acids is 1. The number of rotatable bonds is 1. The zero-order valence-electron chi connectivity index (χ0n) is 9.23. The number of H-pyrrole nitrogens is 1. The number of hydrogen-bond acceptors (Lipinski definition) is 3. The van der Waals surface area contributed by atoms with Crippen LogP contribution in [-0.4, -0.2) is 34.1 Å². The molecule has 0 bridgehead atoms. The summed E-state index contributed by atoms with van der Waals surface area (Å²) in [4.78, 5) is 13.7. The number of nitrogens with zero attached hydrogens (tertiary/aromatic N) is 3. The fourth-order valence-corrected chi connectivity index (χ4v) is 1.87. The summed E-state index contributed by atoms with van der Waals surface area (Å²) in [7, 11) is 0. The third-order valence-electron chi connectivity index (χ3n) is 3.17. The van der Waals surface area contributed by atoms with Gasteiger partial charge in [-0.25, -0.2) is 0 Å². The first-order chi connectivity index (χ1) is 7.64. The molecule has 0 aliphatic carbocycles. The number of aromatic amines is 1. The van der Waals surface area contributed by atoms with Gasteiger partial charge in [0.2, 0.25) is 0 Å². The van der Waals surface area contributed by atoms with E-state index < -0.39 is 0 Å². The van der Waals surface area contributed by atoms with Crippen molar-refractivity contribution in [3.63, 3.8) is 0 Å². The van der Waals surface area contributed by atoms with Crippen LogP contribution >= 0.6 is 0 Å². The molecule has 1 amide bonds. The zero-order valence-corrected chi connectivity index (χ0v) is 9.23.